The van der Waals surface area contributed by atoms with Crippen molar-refractivity contribution in [2.75, 3.05) is 0 Å². The van der Waals surface area contributed by atoms with E-state index in [1.54, 1.807) is 6.08 Å². The largest absolute Gasteiger partial charge is 0.474 e. The molecule has 0 spiro atoms. The Morgan fingerprint density at radius 2 is 1.90 bits per heavy atom. The van der Waals surface area contributed by atoms with Gasteiger partial charge in [-0.3, -0.25) is 10.1 Å². The zero-order valence-corrected chi connectivity index (χ0v) is 12.8. The molecule has 0 aromatic heterocycles. The molecule has 1 aliphatic heterocycles. The molecular weight excluding hydrogens is 334 g/mol. The molecule has 1 atom stereocenters. The molecule has 1 heterocycles. The summed E-state index contributed by atoms with van der Waals surface area (Å²) in [6, 6.07) is 13.1. The van der Waals surface area contributed by atoms with Gasteiger partial charge in [-0.2, -0.15) is 0 Å². The summed E-state index contributed by atoms with van der Waals surface area (Å²) in [7, 11) is 0. The molecule has 5 heteroatoms. The van der Waals surface area contributed by atoms with Crippen LogP contribution >= 0.6 is 15.9 Å². The Balaban J connectivity index is 2.08. The molecule has 106 valence electrons. The summed E-state index contributed by atoms with van der Waals surface area (Å²) < 4.78 is 6.71. The Hall–Kier alpha value is -2.14. The van der Waals surface area contributed by atoms with Gasteiger partial charge >= 0.3 is 0 Å². The van der Waals surface area contributed by atoms with Crippen LogP contribution in [0.4, 0.5) is 0 Å². The number of halogens is 1. The number of ether oxygens (including phenoxy) is 1. The third kappa shape index (κ3) is 2.69. The number of aryl methyl sites for hydroxylation is 1. The molecule has 1 aliphatic rings. The van der Waals surface area contributed by atoms with E-state index in [9.17, 15) is 10.1 Å². The summed E-state index contributed by atoms with van der Waals surface area (Å²) in [5.74, 6) is 0.648. The molecule has 0 bridgehead atoms. The standard InChI is InChI=1S/C16H12BrNO3/c1-10-2-4-11(5-3-10)16-14(18(19)20)9-12-8-13(17)6-7-15(12)21-16/h2-9,16H,1H3. The normalized spacial score (nSPS) is 16.7. The fraction of sp³-hybridized carbons (Fsp3) is 0.125. The highest BCUT2D eigenvalue weighted by molar-refractivity contribution is 9.10. The monoisotopic (exact) mass is 345 g/mol. The predicted octanol–water partition coefficient (Wildman–Crippen LogP) is 4.51. The minimum absolute atomic E-state index is 0.0458. The van der Waals surface area contributed by atoms with Crippen molar-refractivity contribution in [2.45, 2.75) is 13.0 Å². The zero-order chi connectivity index (χ0) is 15.0. The summed E-state index contributed by atoms with van der Waals surface area (Å²) >= 11 is 3.36. The molecule has 2 aromatic rings. The van der Waals surface area contributed by atoms with Crippen LogP contribution < -0.4 is 4.74 Å². The molecule has 0 fully saturated rings. The van der Waals surface area contributed by atoms with Gasteiger partial charge < -0.3 is 4.74 Å². The molecule has 0 N–H and O–H groups in total. The van der Waals surface area contributed by atoms with Gasteiger partial charge in [0.25, 0.3) is 5.70 Å². The average Bonchev–Trinajstić information content (AvgIpc) is 2.46. The van der Waals surface area contributed by atoms with E-state index in [-0.39, 0.29) is 10.6 Å². The molecule has 2 aromatic carbocycles. The molecule has 1 unspecified atom stereocenters. The lowest BCUT2D eigenvalue weighted by atomic mass is 10.0. The van der Waals surface area contributed by atoms with E-state index in [4.69, 9.17) is 4.74 Å². The van der Waals surface area contributed by atoms with Gasteiger partial charge in [-0.1, -0.05) is 45.8 Å². The number of hydrogen-bond acceptors (Lipinski definition) is 3. The summed E-state index contributed by atoms with van der Waals surface area (Å²) in [6.45, 7) is 1.97. The van der Waals surface area contributed by atoms with Crippen LogP contribution in [-0.2, 0) is 0 Å². The van der Waals surface area contributed by atoms with Gasteiger partial charge in [0.15, 0.2) is 0 Å². The molecule has 4 nitrogen and oxygen atoms in total. The van der Waals surface area contributed by atoms with Crippen molar-refractivity contribution in [1.82, 2.24) is 0 Å². The first-order valence-corrected chi connectivity index (χ1v) is 7.22. The molecule has 0 saturated carbocycles. The van der Waals surface area contributed by atoms with Crippen LogP contribution in [0.2, 0.25) is 0 Å². The highest BCUT2D eigenvalue weighted by Crippen LogP contribution is 2.38. The number of nitro groups is 1. The summed E-state index contributed by atoms with van der Waals surface area (Å²) in [6.07, 6.45) is 0.892. The maximum Gasteiger partial charge on any atom is 0.291 e. The lowest BCUT2D eigenvalue weighted by molar-refractivity contribution is -0.434. The van der Waals surface area contributed by atoms with Crippen LogP contribution in [0.3, 0.4) is 0 Å². The molecule has 21 heavy (non-hydrogen) atoms. The van der Waals surface area contributed by atoms with Crippen molar-refractivity contribution >= 4 is 22.0 Å². The van der Waals surface area contributed by atoms with Gasteiger partial charge in [-0.05, 0) is 25.1 Å². The highest BCUT2D eigenvalue weighted by atomic mass is 79.9. The number of nitrogens with zero attached hydrogens (tertiary/aromatic N) is 1. The summed E-state index contributed by atoms with van der Waals surface area (Å²) in [5.41, 5.74) is 2.63. The first kappa shape index (κ1) is 13.8. The Labute approximate surface area is 130 Å². The van der Waals surface area contributed by atoms with Gasteiger partial charge in [0.05, 0.1) is 4.92 Å². The minimum atomic E-state index is -0.686. The Bertz CT molecular complexity index is 738. The van der Waals surface area contributed by atoms with Crippen molar-refractivity contribution < 1.29 is 9.66 Å². The molecule has 0 saturated heterocycles. The fourth-order valence-corrected chi connectivity index (χ4v) is 2.67. The first-order chi connectivity index (χ1) is 10.0. The molecular formula is C16H12BrNO3. The van der Waals surface area contributed by atoms with Gasteiger partial charge in [-0.15, -0.1) is 0 Å². The van der Waals surface area contributed by atoms with Crippen LogP contribution in [0.5, 0.6) is 5.75 Å². The Kier molecular flexibility index (Phi) is 3.51. The second-order valence-corrected chi connectivity index (χ2v) is 5.83. The Morgan fingerprint density at radius 3 is 2.57 bits per heavy atom. The number of benzene rings is 2. The van der Waals surface area contributed by atoms with Crippen molar-refractivity contribution in [3.8, 4) is 5.75 Å². The van der Waals surface area contributed by atoms with E-state index in [1.165, 1.54) is 0 Å². The third-order valence-corrected chi connectivity index (χ3v) is 3.87. The topological polar surface area (TPSA) is 52.4 Å². The van der Waals surface area contributed by atoms with Gasteiger partial charge in [0, 0.05) is 21.7 Å². The molecule has 3 rings (SSSR count). The third-order valence-electron chi connectivity index (χ3n) is 3.38. The van der Waals surface area contributed by atoms with Gasteiger partial charge in [0.1, 0.15) is 5.75 Å². The Morgan fingerprint density at radius 1 is 1.19 bits per heavy atom. The predicted molar refractivity (Wildman–Crippen MR) is 83.7 cm³/mol. The first-order valence-electron chi connectivity index (χ1n) is 6.43. The maximum absolute atomic E-state index is 11.3. The van der Waals surface area contributed by atoms with E-state index < -0.39 is 6.10 Å². The number of rotatable bonds is 2. The smallest absolute Gasteiger partial charge is 0.291 e. The quantitative estimate of drug-likeness (QED) is 0.594. The molecule has 0 amide bonds. The van der Waals surface area contributed by atoms with E-state index in [2.05, 4.69) is 15.9 Å². The van der Waals surface area contributed by atoms with E-state index in [0.29, 0.717) is 11.3 Å². The van der Waals surface area contributed by atoms with Gasteiger partial charge in [-0.25, -0.2) is 0 Å². The van der Waals surface area contributed by atoms with Gasteiger partial charge in [0.2, 0.25) is 6.10 Å². The SMILES string of the molecule is Cc1ccc(C2Oc3ccc(Br)cc3C=C2[N+](=O)[O-])cc1. The summed E-state index contributed by atoms with van der Waals surface area (Å²) in [4.78, 5) is 11.0. The maximum atomic E-state index is 11.3. The average molecular weight is 346 g/mol. The molecule has 0 radical (unpaired) electrons. The molecule has 0 aliphatic carbocycles. The highest BCUT2D eigenvalue weighted by Gasteiger charge is 2.33. The van der Waals surface area contributed by atoms with Crippen LogP contribution in [0.25, 0.3) is 6.08 Å². The van der Waals surface area contributed by atoms with Crippen molar-refractivity contribution in [1.29, 1.82) is 0 Å². The van der Waals surface area contributed by atoms with Crippen LogP contribution in [0.1, 0.15) is 22.8 Å². The van der Waals surface area contributed by atoms with Crippen molar-refractivity contribution in [3.63, 3.8) is 0 Å². The van der Waals surface area contributed by atoms with Crippen LogP contribution in [-0.4, -0.2) is 4.92 Å². The minimum Gasteiger partial charge on any atom is -0.474 e. The van der Waals surface area contributed by atoms with Crippen LogP contribution in [0, 0.1) is 17.0 Å². The fourth-order valence-electron chi connectivity index (χ4n) is 2.29. The summed E-state index contributed by atoms with van der Waals surface area (Å²) in [5, 5.41) is 11.3. The zero-order valence-electron chi connectivity index (χ0n) is 11.2. The van der Waals surface area contributed by atoms with Crippen molar-refractivity contribution in [2.24, 2.45) is 0 Å². The lowest BCUT2D eigenvalue weighted by Gasteiger charge is -2.22. The number of hydrogen-bond donors (Lipinski definition) is 0. The van der Waals surface area contributed by atoms with E-state index >= 15 is 0 Å². The number of fused-ring (bicyclic) bond motifs is 1. The van der Waals surface area contributed by atoms with E-state index in [1.807, 2.05) is 49.4 Å². The lowest BCUT2D eigenvalue weighted by Crippen LogP contribution is -2.19. The van der Waals surface area contributed by atoms with Crippen molar-refractivity contribution in [3.05, 3.63) is 79.4 Å². The second-order valence-electron chi connectivity index (χ2n) is 4.92. The second kappa shape index (κ2) is 5.33. The van der Waals surface area contributed by atoms with E-state index in [0.717, 1.165) is 15.6 Å². The van der Waals surface area contributed by atoms with Crippen LogP contribution in [0.15, 0.2) is 52.6 Å².